The van der Waals surface area contributed by atoms with Gasteiger partial charge >= 0.3 is 0 Å². The van der Waals surface area contributed by atoms with E-state index in [4.69, 9.17) is 14.9 Å². The number of carbonyl (C=O) groups excluding carboxylic acids is 3. The fourth-order valence-electron chi connectivity index (χ4n) is 5.63. The van der Waals surface area contributed by atoms with Crippen LogP contribution in [0.15, 0.2) is 89.3 Å². The van der Waals surface area contributed by atoms with E-state index in [0.717, 1.165) is 35.3 Å². The van der Waals surface area contributed by atoms with Crippen LogP contribution in [0.4, 0.5) is 0 Å². The number of likely N-dealkylation sites (tertiary alicyclic amines) is 1. The summed E-state index contributed by atoms with van der Waals surface area (Å²) in [5.74, 6) is 6.61. The molecule has 2 aliphatic heterocycles. The summed E-state index contributed by atoms with van der Waals surface area (Å²) in [6.45, 7) is 1.65. The Labute approximate surface area is 237 Å². The van der Waals surface area contributed by atoms with Crippen molar-refractivity contribution in [2.24, 2.45) is 5.73 Å². The van der Waals surface area contributed by atoms with Crippen LogP contribution >= 0.6 is 0 Å². The Morgan fingerprint density at radius 1 is 0.854 bits per heavy atom. The number of hydrogen-bond acceptors (Lipinski definition) is 5. The number of Topliss-reactive ketones (excluding diaryl/α,β-unsaturated/α-hetero) is 1. The van der Waals surface area contributed by atoms with Crippen molar-refractivity contribution in [3.05, 3.63) is 124 Å². The molecule has 2 amide bonds. The molecule has 0 saturated carbocycles. The average Bonchev–Trinajstić information content (AvgIpc) is 3.62. The number of furan rings is 1. The van der Waals surface area contributed by atoms with Gasteiger partial charge in [0.05, 0.1) is 6.61 Å². The van der Waals surface area contributed by atoms with Crippen LogP contribution < -0.4 is 10.5 Å². The van der Waals surface area contributed by atoms with Gasteiger partial charge in [-0.25, -0.2) is 0 Å². The standard InChI is InChI=1S/C34H28N2O5/c35-32(38)27-9-5-4-8-26(27)29(37)21-24-11-14-30-28(20-24)34(22-40-30)16-18-36(19-17-34)33(39)31-15-13-25(41-31)12-10-23-6-2-1-3-7-23/h1-9,11,13-15,20H,16-19,21-22H2,(H2,35,38). The largest absolute Gasteiger partial charge is 0.492 e. The first-order chi connectivity index (χ1) is 19.9. The molecule has 0 atom stereocenters. The van der Waals surface area contributed by atoms with Crippen molar-refractivity contribution in [1.29, 1.82) is 0 Å². The van der Waals surface area contributed by atoms with Crippen LogP contribution in [0.5, 0.6) is 5.75 Å². The van der Waals surface area contributed by atoms with Gasteiger partial charge in [0.2, 0.25) is 5.91 Å². The minimum atomic E-state index is -0.623. The zero-order valence-corrected chi connectivity index (χ0v) is 22.4. The number of piperidine rings is 1. The van der Waals surface area contributed by atoms with Crippen LogP contribution in [0.3, 0.4) is 0 Å². The van der Waals surface area contributed by atoms with Gasteiger partial charge in [0.25, 0.3) is 5.91 Å². The number of fused-ring (bicyclic) bond motifs is 2. The molecule has 1 aromatic heterocycles. The van der Waals surface area contributed by atoms with Crippen molar-refractivity contribution in [2.45, 2.75) is 24.7 Å². The first-order valence-corrected chi connectivity index (χ1v) is 13.6. The molecule has 1 fully saturated rings. The quantitative estimate of drug-likeness (QED) is 0.288. The first-order valence-electron chi connectivity index (χ1n) is 13.6. The Kier molecular flexibility index (Phi) is 6.90. The zero-order valence-electron chi connectivity index (χ0n) is 22.4. The normalized spacial score (nSPS) is 15.0. The number of rotatable bonds is 5. The zero-order chi connectivity index (χ0) is 28.4. The molecule has 41 heavy (non-hydrogen) atoms. The number of nitrogens with two attached hydrogens (primary N) is 1. The highest BCUT2D eigenvalue weighted by Crippen LogP contribution is 2.46. The molecular formula is C34H28N2O5. The summed E-state index contributed by atoms with van der Waals surface area (Å²) in [4.78, 5) is 39.9. The van der Waals surface area contributed by atoms with Gasteiger partial charge in [0.1, 0.15) is 5.75 Å². The molecule has 1 saturated heterocycles. The molecular weight excluding hydrogens is 516 g/mol. The van der Waals surface area contributed by atoms with E-state index in [0.29, 0.717) is 31.0 Å². The molecule has 6 rings (SSSR count). The fourth-order valence-corrected chi connectivity index (χ4v) is 5.63. The van der Waals surface area contributed by atoms with Gasteiger partial charge in [-0.3, -0.25) is 14.4 Å². The molecule has 7 nitrogen and oxygen atoms in total. The lowest BCUT2D eigenvalue weighted by Gasteiger charge is -2.38. The van der Waals surface area contributed by atoms with Crippen molar-refractivity contribution in [1.82, 2.24) is 4.90 Å². The van der Waals surface area contributed by atoms with Gasteiger partial charge in [-0.05, 0) is 60.7 Å². The van der Waals surface area contributed by atoms with E-state index in [2.05, 4.69) is 11.8 Å². The highest BCUT2D eigenvalue weighted by molar-refractivity contribution is 6.08. The molecule has 7 heteroatoms. The van der Waals surface area contributed by atoms with Gasteiger partial charge in [0.15, 0.2) is 17.3 Å². The van der Waals surface area contributed by atoms with E-state index in [9.17, 15) is 14.4 Å². The molecule has 0 radical (unpaired) electrons. The van der Waals surface area contributed by atoms with Crippen LogP contribution in [0.1, 0.15) is 66.6 Å². The van der Waals surface area contributed by atoms with Gasteiger partial charge in [0, 0.05) is 47.2 Å². The predicted molar refractivity (Wildman–Crippen MR) is 153 cm³/mol. The Morgan fingerprint density at radius 3 is 2.34 bits per heavy atom. The SMILES string of the molecule is NC(=O)c1ccccc1C(=O)Cc1ccc2c(c1)C1(CCN(C(=O)c3ccc(C#Cc4ccccc4)o3)CC1)CO2. The molecule has 0 bridgehead atoms. The number of primary amides is 1. The number of ether oxygens (including phenoxy) is 1. The lowest BCUT2D eigenvalue weighted by molar-refractivity contribution is 0.0614. The second-order valence-electron chi connectivity index (χ2n) is 10.5. The van der Waals surface area contributed by atoms with Crippen molar-refractivity contribution in [3.63, 3.8) is 0 Å². The number of hydrogen-bond donors (Lipinski definition) is 1. The summed E-state index contributed by atoms with van der Waals surface area (Å²) in [5, 5.41) is 0. The second-order valence-corrected chi connectivity index (χ2v) is 10.5. The Bertz CT molecular complexity index is 1700. The summed E-state index contributed by atoms with van der Waals surface area (Å²) in [7, 11) is 0. The van der Waals surface area contributed by atoms with E-state index < -0.39 is 5.91 Å². The van der Waals surface area contributed by atoms with Crippen LogP contribution in [0, 0.1) is 11.8 Å². The van der Waals surface area contributed by atoms with Crippen molar-refractivity contribution >= 4 is 17.6 Å². The summed E-state index contributed by atoms with van der Waals surface area (Å²) in [6, 6.07) is 25.4. The summed E-state index contributed by atoms with van der Waals surface area (Å²) >= 11 is 0. The van der Waals surface area contributed by atoms with Crippen molar-refractivity contribution in [3.8, 4) is 17.6 Å². The number of nitrogens with zero attached hydrogens (tertiary/aromatic N) is 1. The summed E-state index contributed by atoms with van der Waals surface area (Å²) < 4.78 is 11.8. The highest BCUT2D eigenvalue weighted by Gasteiger charge is 2.44. The van der Waals surface area contributed by atoms with Gasteiger partial charge in [-0.2, -0.15) is 0 Å². The molecule has 0 unspecified atom stereocenters. The van der Waals surface area contributed by atoms with Crippen molar-refractivity contribution < 1.29 is 23.5 Å². The van der Waals surface area contributed by atoms with Crippen LogP contribution in [0.2, 0.25) is 0 Å². The number of carbonyl (C=O) groups is 3. The van der Waals surface area contributed by atoms with Gasteiger partial charge < -0.3 is 19.8 Å². The molecule has 2 aliphatic rings. The Balaban J connectivity index is 1.13. The van der Waals surface area contributed by atoms with E-state index in [1.165, 1.54) is 0 Å². The number of amides is 2. The summed E-state index contributed by atoms with van der Waals surface area (Å²) in [6.07, 6.45) is 1.61. The third kappa shape index (κ3) is 5.24. The molecule has 1 spiro atoms. The minimum Gasteiger partial charge on any atom is -0.492 e. The minimum absolute atomic E-state index is 0.145. The second kappa shape index (κ2) is 10.8. The van der Waals surface area contributed by atoms with E-state index in [-0.39, 0.29) is 34.8 Å². The number of benzene rings is 3. The third-order valence-corrected chi connectivity index (χ3v) is 7.91. The van der Waals surface area contributed by atoms with Crippen LogP contribution in [-0.4, -0.2) is 42.2 Å². The van der Waals surface area contributed by atoms with E-state index >= 15 is 0 Å². The first kappa shape index (κ1) is 26.1. The van der Waals surface area contributed by atoms with Crippen LogP contribution in [0.25, 0.3) is 0 Å². The third-order valence-electron chi connectivity index (χ3n) is 7.91. The van der Waals surface area contributed by atoms with Gasteiger partial charge in [-0.1, -0.05) is 54.5 Å². The Hall–Kier alpha value is -5.09. The fraction of sp³-hybridized carbons (Fsp3) is 0.206. The molecule has 2 N–H and O–H groups in total. The lowest BCUT2D eigenvalue weighted by atomic mass is 9.74. The smallest absolute Gasteiger partial charge is 0.289 e. The van der Waals surface area contributed by atoms with Crippen molar-refractivity contribution in [2.75, 3.05) is 19.7 Å². The molecule has 3 heterocycles. The molecule has 0 aliphatic carbocycles. The molecule has 204 valence electrons. The maximum Gasteiger partial charge on any atom is 0.289 e. The Morgan fingerprint density at radius 2 is 1.59 bits per heavy atom. The maximum atomic E-state index is 13.2. The molecule has 4 aromatic rings. The summed E-state index contributed by atoms with van der Waals surface area (Å²) in [5.41, 5.74) is 8.57. The molecule has 3 aromatic carbocycles. The van der Waals surface area contributed by atoms with Gasteiger partial charge in [-0.15, -0.1) is 0 Å². The lowest BCUT2D eigenvalue weighted by Crippen LogP contribution is -2.46. The monoisotopic (exact) mass is 544 g/mol. The average molecular weight is 545 g/mol. The highest BCUT2D eigenvalue weighted by atomic mass is 16.5. The number of ketones is 1. The van der Waals surface area contributed by atoms with E-state index in [1.54, 1.807) is 36.4 Å². The van der Waals surface area contributed by atoms with Crippen LogP contribution in [-0.2, 0) is 11.8 Å². The van der Waals surface area contributed by atoms with E-state index in [1.807, 2.05) is 53.4 Å². The maximum absolute atomic E-state index is 13.2. The predicted octanol–water partition coefficient (Wildman–Crippen LogP) is 4.77. The topological polar surface area (TPSA) is 103 Å².